The highest BCUT2D eigenvalue weighted by Gasteiger charge is 2.23. The number of hydrogen-bond donors (Lipinski definition) is 1. The molecule has 2 aromatic rings. The standard InChI is InChI=1S/C13H12F3NO/c1-7-3-6-10(18-7)13(17-2)8-4-5-9(14)12(16)11(8)15/h3-6,13,17H,1-2H3. The van der Waals surface area contributed by atoms with Crippen LogP contribution in [0, 0.1) is 24.4 Å². The first-order valence-electron chi connectivity index (χ1n) is 5.41. The van der Waals surface area contributed by atoms with Crippen molar-refractivity contribution in [3.05, 3.63) is 58.8 Å². The van der Waals surface area contributed by atoms with Crippen LogP contribution in [0.5, 0.6) is 0 Å². The highest BCUT2D eigenvalue weighted by Crippen LogP contribution is 2.27. The van der Waals surface area contributed by atoms with Crippen molar-refractivity contribution >= 4 is 0 Å². The van der Waals surface area contributed by atoms with Crippen LogP contribution in [-0.2, 0) is 0 Å². The minimum absolute atomic E-state index is 0.00532. The summed E-state index contributed by atoms with van der Waals surface area (Å²) in [4.78, 5) is 0. The normalized spacial score (nSPS) is 12.7. The number of benzene rings is 1. The number of furan rings is 1. The topological polar surface area (TPSA) is 25.2 Å². The van der Waals surface area contributed by atoms with Crippen LogP contribution in [0.4, 0.5) is 13.2 Å². The van der Waals surface area contributed by atoms with E-state index in [1.54, 1.807) is 26.1 Å². The molecule has 0 bridgehead atoms. The minimum atomic E-state index is -1.48. The first-order valence-corrected chi connectivity index (χ1v) is 5.41. The molecule has 18 heavy (non-hydrogen) atoms. The second-order valence-electron chi connectivity index (χ2n) is 3.93. The minimum Gasteiger partial charge on any atom is -0.464 e. The number of hydrogen-bond acceptors (Lipinski definition) is 2. The molecular weight excluding hydrogens is 243 g/mol. The molecule has 1 aromatic heterocycles. The van der Waals surface area contributed by atoms with E-state index in [0.717, 1.165) is 6.07 Å². The molecule has 0 fully saturated rings. The van der Waals surface area contributed by atoms with Crippen molar-refractivity contribution in [2.45, 2.75) is 13.0 Å². The van der Waals surface area contributed by atoms with E-state index in [1.165, 1.54) is 6.07 Å². The lowest BCUT2D eigenvalue weighted by molar-refractivity contribution is 0.411. The van der Waals surface area contributed by atoms with Gasteiger partial charge in [0.05, 0.1) is 6.04 Å². The molecule has 0 amide bonds. The molecule has 2 nitrogen and oxygen atoms in total. The van der Waals surface area contributed by atoms with Gasteiger partial charge in [0.2, 0.25) is 0 Å². The maximum absolute atomic E-state index is 13.7. The molecular formula is C13H12F3NO. The Bertz CT molecular complexity index is 565. The summed E-state index contributed by atoms with van der Waals surface area (Å²) in [6, 6.07) is 4.82. The van der Waals surface area contributed by atoms with Crippen LogP contribution in [0.2, 0.25) is 0 Å². The van der Waals surface area contributed by atoms with Crippen LogP contribution in [-0.4, -0.2) is 7.05 Å². The Kier molecular flexibility index (Phi) is 3.43. The average Bonchev–Trinajstić information content (AvgIpc) is 2.77. The summed E-state index contributed by atoms with van der Waals surface area (Å²) in [5.41, 5.74) is 0.00532. The monoisotopic (exact) mass is 255 g/mol. The van der Waals surface area contributed by atoms with Gasteiger partial charge in [0.25, 0.3) is 0 Å². The van der Waals surface area contributed by atoms with Gasteiger partial charge in [-0.25, -0.2) is 13.2 Å². The SMILES string of the molecule is CNC(c1ccc(C)o1)c1ccc(F)c(F)c1F. The predicted molar refractivity (Wildman–Crippen MR) is 60.7 cm³/mol. The lowest BCUT2D eigenvalue weighted by Gasteiger charge is -2.15. The molecule has 1 unspecified atom stereocenters. The first kappa shape index (κ1) is 12.7. The molecule has 1 N–H and O–H groups in total. The number of nitrogens with one attached hydrogen (secondary N) is 1. The van der Waals surface area contributed by atoms with Crippen LogP contribution < -0.4 is 5.32 Å². The summed E-state index contributed by atoms with van der Waals surface area (Å²) >= 11 is 0. The molecule has 0 saturated carbocycles. The van der Waals surface area contributed by atoms with Gasteiger partial charge in [-0.15, -0.1) is 0 Å². The van der Waals surface area contributed by atoms with Crippen LogP contribution in [0.3, 0.4) is 0 Å². The summed E-state index contributed by atoms with van der Waals surface area (Å²) in [5, 5.41) is 2.81. The Balaban J connectivity index is 2.49. The van der Waals surface area contributed by atoms with Crippen molar-refractivity contribution in [1.82, 2.24) is 5.32 Å². The number of aryl methyl sites for hydroxylation is 1. The predicted octanol–water partition coefficient (Wildman–Crippen LogP) is 3.31. The van der Waals surface area contributed by atoms with Crippen LogP contribution in [0.15, 0.2) is 28.7 Å². The molecule has 1 heterocycles. The molecule has 1 atom stereocenters. The quantitative estimate of drug-likeness (QED) is 0.851. The van der Waals surface area contributed by atoms with Crippen LogP contribution in [0.1, 0.15) is 23.1 Å². The molecule has 0 aliphatic rings. The molecule has 96 valence electrons. The van der Waals surface area contributed by atoms with Gasteiger partial charge in [-0.1, -0.05) is 6.07 Å². The van der Waals surface area contributed by atoms with E-state index in [2.05, 4.69) is 5.32 Å². The summed E-state index contributed by atoms with van der Waals surface area (Å²) in [5.74, 6) is -2.78. The maximum Gasteiger partial charge on any atom is 0.194 e. The van der Waals surface area contributed by atoms with E-state index in [-0.39, 0.29) is 5.56 Å². The Hall–Kier alpha value is -1.75. The van der Waals surface area contributed by atoms with Crippen molar-refractivity contribution in [3.8, 4) is 0 Å². The molecule has 0 spiro atoms. The fourth-order valence-electron chi connectivity index (χ4n) is 1.82. The summed E-state index contributed by atoms with van der Waals surface area (Å²) < 4.78 is 45.1. The fraction of sp³-hybridized carbons (Fsp3) is 0.231. The van der Waals surface area contributed by atoms with Gasteiger partial charge in [0.15, 0.2) is 17.5 Å². The van der Waals surface area contributed by atoms with Gasteiger partial charge in [0, 0.05) is 5.56 Å². The van der Waals surface area contributed by atoms with Crippen molar-refractivity contribution in [3.63, 3.8) is 0 Å². The van der Waals surface area contributed by atoms with E-state index < -0.39 is 23.5 Å². The second-order valence-corrected chi connectivity index (χ2v) is 3.93. The van der Waals surface area contributed by atoms with Gasteiger partial charge in [-0.05, 0) is 32.2 Å². The van der Waals surface area contributed by atoms with Crippen molar-refractivity contribution < 1.29 is 17.6 Å². The molecule has 0 aliphatic heterocycles. The summed E-state index contributed by atoms with van der Waals surface area (Å²) in [7, 11) is 1.59. The van der Waals surface area contributed by atoms with E-state index in [1.807, 2.05) is 0 Å². The molecule has 1 aromatic carbocycles. The maximum atomic E-state index is 13.7. The summed E-state index contributed by atoms with van der Waals surface area (Å²) in [6.45, 7) is 1.75. The third-order valence-corrected chi connectivity index (χ3v) is 2.71. The Morgan fingerprint density at radius 3 is 2.33 bits per heavy atom. The third-order valence-electron chi connectivity index (χ3n) is 2.71. The molecule has 5 heteroatoms. The Morgan fingerprint density at radius 2 is 1.78 bits per heavy atom. The molecule has 2 rings (SSSR count). The zero-order chi connectivity index (χ0) is 13.3. The van der Waals surface area contributed by atoms with Gasteiger partial charge in [-0.3, -0.25) is 0 Å². The smallest absolute Gasteiger partial charge is 0.194 e. The lowest BCUT2D eigenvalue weighted by Crippen LogP contribution is -2.19. The van der Waals surface area contributed by atoms with E-state index in [9.17, 15) is 13.2 Å². The fourth-order valence-corrected chi connectivity index (χ4v) is 1.82. The first-order chi connectivity index (χ1) is 8.54. The van der Waals surface area contributed by atoms with Gasteiger partial charge < -0.3 is 9.73 Å². The second kappa shape index (κ2) is 4.86. The zero-order valence-corrected chi connectivity index (χ0v) is 9.93. The van der Waals surface area contributed by atoms with Crippen molar-refractivity contribution in [2.75, 3.05) is 7.05 Å². The van der Waals surface area contributed by atoms with E-state index >= 15 is 0 Å². The van der Waals surface area contributed by atoms with Crippen molar-refractivity contribution in [2.24, 2.45) is 0 Å². The van der Waals surface area contributed by atoms with E-state index in [4.69, 9.17) is 4.42 Å². The Labute approximate surface area is 102 Å². The van der Waals surface area contributed by atoms with E-state index in [0.29, 0.717) is 11.5 Å². The third kappa shape index (κ3) is 2.13. The van der Waals surface area contributed by atoms with Crippen LogP contribution >= 0.6 is 0 Å². The molecule has 0 saturated heterocycles. The number of rotatable bonds is 3. The highest BCUT2D eigenvalue weighted by molar-refractivity contribution is 5.29. The zero-order valence-electron chi connectivity index (χ0n) is 9.93. The van der Waals surface area contributed by atoms with Crippen LogP contribution in [0.25, 0.3) is 0 Å². The lowest BCUT2D eigenvalue weighted by atomic mass is 10.0. The molecule has 0 radical (unpaired) electrons. The molecule has 0 aliphatic carbocycles. The average molecular weight is 255 g/mol. The Morgan fingerprint density at radius 1 is 1.06 bits per heavy atom. The van der Waals surface area contributed by atoms with Gasteiger partial charge >= 0.3 is 0 Å². The van der Waals surface area contributed by atoms with Gasteiger partial charge in [0.1, 0.15) is 11.5 Å². The van der Waals surface area contributed by atoms with Crippen molar-refractivity contribution in [1.29, 1.82) is 0 Å². The largest absolute Gasteiger partial charge is 0.464 e. The van der Waals surface area contributed by atoms with Gasteiger partial charge in [-0.2, -0.15) is 0 Å². The summed E-state index contributed by atoms with van der Waals surface area (Å²) in [6.07, 6.45) is 0. The number of halogens is 3. The highest BCUT2D eigenvalue weighted by atomic mass is 19.2.